The summed E-state index contributed by atoms with van der Waals surface area (Å²) >= 11 is 2.05. The molecule has 0 unspecified atom stereocenters. The average Bonchev–Trinajstić information content (AvgIpc) is 2.96. The second kappa shape index (κ2) is 6.10. The van der Waals surface area contributed by atoms with Crippen LogP contribution in [0.25, 0.3) is 0 Å². The molecule has 0 aliphatic heterocycles. The molecule has 0 atom stereocenters. The largest absolute Gasteiger partial charge is 0.311 e. The first-order chi connectivity index (χ1) is 9.36. The molecule has 1 saturated carbocycles. The van der Waals surface area contributed by atoms with Gasteiger partial charge in [0.2, 0.25) is 0 Å². The van der Waals surface area contributed by atoms with Crippen molar-refractivity contribution in [3.05, 3.63) is 17.5 Å². The van der Waals surface area contributed by atoms with Gasteiger partial charge in [-0.2, -0.15) is 16.9 Å². The van der Waals surface area contributed by atoms with E-state index in [-0.39, 0.29) is 5.41 Å². The first-order valence-corrected chi connectivity index (χ1v) is 8.88. The van der Waals surface area contributed by atoms with Crippen molar-refractivity contribution >= 4 is 11.8 Å². The fourth-order valence-electron chi connectivity index (χ4n) is 3.20. The van der Waals surface area contributed by atoms with Gasteiger partial charge in [-0.15, -0.1) is 0 Å². The summed E-state index contributed by atoms with van der Waals surface area (Å²) in [5, 5.41) is 8.33. The Bertz CT molecular complexity index is 439. The molecule has 20 heavy (non-hydrogen) atoms. The Kier molecular flexibility index (Phi) is 4.85. The standard InChI is InChI=1S/C16H29N3S/c1-15(2,3)14-13(11-19(4)18-14)10-17-12-16(20-5)8-6-7-9-16/h11,17H,6-10,12H2,1-5H3. The lowest BCUT2D eigenvalue weighted by Gasteiger charge is -2.27. The van der Waals surface area contributed by atoms with E-state index in [0.29, 0.717) is 4.75 Å². The molecule has 0 amide bonds. The van der Waals surface area contributed by atoms with E-state index in [9.17, 15) is 0 Å². The number of hydrogen-bond donors (Lipinski definition) is 1. The highest BCUT2D eigenvalue weighted by atomic mass is 32.2. The van der Waals surface area contributed by atoms with Crippen molar-refractivity contribution in [2.24, 2.45) is 7.05 Å². The highest BCUT2D eigenvalue weighted by Crippen LogP contribution is 2.39. The summed E-state index contributed by atoms with van der Waals surface area (Å²) in [5.74, 6) is 0. The van der Waals surface area contributed by atoms with Crippen LogP contribution in [0.2, 0.25) is 0 Å². The second-order valence-corrected chi connectivity index (χ2v) is 8.40. The van der Waals surface area contributed by atoms with E-state index in [2.05, 4.69) is 43.6 Å². The monoisotopic (exact) mass is 295 g/mol. The van der Waals surface area contributed by atoms with E-state index in [4.69, 9.17) is 0 Å². The molecule has 2 rings (SSSR count). The minimum atomic E-state index is 0.114. The Morgan fingerprint density at radius 3 is 2.55 bits per heavy atom. The maximum Gasteiger partial charge on any atom is 0.0722 e. The van der Waals surface area contributed by atoms with Gasteiger partial charge in [-0.3, -0.25) is 4.68 Å². The van der Waals surface area contributed by atoms with Gasteiger partial charge in [-0.1, -0.05) is 33.6 Å². The van der Waals surface area contributed by atoms with Crippen LogP contribution in [0.4, 0.5) is 0 Å². The third-order valence-electron chi connectivity index (χ3n) is 4.33. The molecule has 1 heterocycles. The first kappa shape index (κ1) is 15.9. The topological polar surface area (TPSA) is 29.9 Å². The van der Waals surface area contributed by atoms with E-state index in [1.54, 1.807) is 0 Å². The Labute approximate surface area is 127 Å². The molecule has 1 aromatic rings. The highest BCUT2D eigenvalue weighted by molar-refractivity contribution is 8.00. The van der Waals surface area contributed by atoms with Crippen LogP contribution in [0.3, 0.4) is 0 Å². The molecule has 1 aliphatic rings. The van der Waals surface area contributed by atoms with Crippen LogP contribution in [-0.4, -0.2) is 27.3 Å². The van der Waals surface area contributed by atoms with Crippen molar-refractivity contribution in [3.8, 4) is 0 Å². The lowest BCUT2D eigenvalue weighted by molar-refractivity contribution is 0.519. The van der Waals surface area contributed by atoms with Crippen LogP contribution in [0.5, 0.6) is 0 Å². The van der Waals surface area contributed by atoms with Crippen molar-refractivity contribution in [3.63, 3.8) is 0 Å². The molecule has 4 heteroatoms. The molecule has 0 saturated heterocycles. The molecule has 3 nitrogen and oxygen atoms in total. The zero-order valence-corrected chi connectivity index (χ0v) is 14.4. The number of hydrogen-bond acceptors (Lipinski definition) is 3. The molecule has 1 aliphatic carbocycles. The third-order valence-corrected chi connectivity index (χ3v) is 5.74. The number of aromatic nitrogens is 2. The summed E-state index contributed by atoms with van der Waals surface area (Å²) in [4.78, 5) is 0. The number of thioether (sulfide) groups is 1. The van der Waals surface area contributed by atoms with Crippen LogP contribution in [0, 0.1) is 0 Å². The van der Waals surface area contributed by atoms with E-state index >= 15 is 0 Å². The van der Waals surface area contributed by atoms with Crippen LogP contribution in [0.15, 0.2) is 6.20 Å². The quantitative estimate of drug-likeness (QED) is 0.902. The highest BCUT2D eigenvalue weighted by Gasteiger charge is 2.32. The minimum absolute atomic E-state index is 0.114. The Balaban J connectivity index is 1.97. The normalized spacial score (nSPS) is 18.6. The average molecular weight is 295 g/mol. The van der Waals surface area contributed by atoms with E-state index in [0.717, 1.165) is 13.1 Å². The molecule has 1 aromatic heterocycles. The molecular weight excluding hydrogens is 266 g/mol. The minimum Gasteiger partial charge on any atom is -0.311 e. The van der Waals surface area contributed by atoms with Gasteiger partial charge in [0, 0.05) is 42.1 Å². The van der Waals surface area contributed by atoms with Gasteiger partial charge in [0.05, 0.1) is 5.69 Å². The van der Waals surface area contributed by atoms with Crippen molar-refractivity contribution in [1.82, 2.24) is 15.1 Å². The Morgan fingerprint density at radius 1 is 1.35 bits per heavy atom. The van der Waals surface area contributed by atoms with E-state index < -0.39 is 0 Å². The predicted molar refractivity (Wildman–Crippen MR) is 88.3 cm³/mol. The lowest BCUT2D eigenvalue weighted by Crippen LogP contribution is -2.35. The molecule has 0 radical (unpaired) electrons. The molecule has 0 spiro atoms. The molecule has 1 fully saturated rings. The number of nitrogens with zero attached hydrogens (tertiary/aromatic N) is 2. The lowest BCUT2D eigenvalue weighted by atomic mass is 9.89. The van der Waals surface area contributed by atoms with Crippen LogP contribution in [-0.2, 0) is 19.0 Å². The van der Waals surface area contributed by atoms with Gasteiger partial charge in [0.25, 0.3) is 0 Å². The number of aryl methyl sites for hydroxylation is 1. The molecular formula is C16H29N3S. The Morgan fingerprint density at radius 2 is 2.00 bits per heavy atom. The smallest absolute Gasteiger partial charge is 0.0722 e. The number of nitrogens with one attached hydrogen (secondary N) is 1. The van der Waals surface area contributed by atoms with E-state index in [1.807, 2.05) is 23.5 Å². The maximum atomic E-state index is 4.64. The van der Waals surface area contributed by atoms with Crippen molar-refractivity contribution in [2.75, 3.05) is 12.8 Å². The van der Waals surface area contributed by atoms with Crippen LogP contribution < -0.4 is 5.32 Å². The molecule has 0 bridgehead atoms. The Hall–Kier alpha value is -0.480. The molecule has 1 N–H and O–H groups in total. The predicted octanol–water partition coefficient (Wildman–Crippen LogP) is 3.48. The van der Waals surface area contributed by atoms with Crippen molar-refractivity contribution in [2.45, 2.75) is 63.2 Å². The summed E-state index contributed by atoms with van der Waals surface area (Å²) in [6.07, 6.45) is 9.93. The first-order valence-electron chi connectivity index (χ1n) is 7.65. The van der Waals surface area contributed by atoms with Gasteiger partial charge in [-0.05, 0) is 19.1 Å². The van der Waals surface area contributed by atoms with E-state index in [1.165, 1.54) is 36.9 Å². The zero-order chi connectivity index (χ0) is 14.8. The fourth-order valence-corrected chi connectivity index (χ4v) is 4.14. The summed E-state index contributed by atoms with van der Waals surface area (Å²) in [6, 6.07) is 0. The van der Waals surface area contributed by atoms with Gasteiger partial charge < -0.3 is 5.32 Å². The van der Waals surface area contributed by atoms with Gasteiger partial charge in [0.15, 0.2) is 0 Å². The van der Waals surface area contributed by atoms with Gasteiger partial charge in [0.1, 0.15) is 0 Å². The second-order valence-electron chi connectivity index (χ2n) is 7.12. The summed E-state index contributed by atoms with van der Waals surface area (Å²) in [6.45, 7) is 8.76. The molecule has 114 valence electrons. The van der Waals surface area contributed by atoms with Crippen molar-refractivity contribution in [1.29, 1.82) is 0 Å². The zero-order valence-electron chi connectivity index (χ0n) is 13.6. The summed E-state index contributed by atoms with van der Waals surface area (Å²) in [7, 11) is 2.01. The molecule has 0 aromatic carbocycles. The SMILES string of the molecule is CSC1(CNCc2cn(C)nc2C(C)(C)C)CCCC1. The number of rotatable bonds is 5. The maximum absolute atomic E-state index is 4.64. The van der Waals surface area contributed by atoms with Gasteiger partial charge in [-0.25, -0.2) is 0 Å². The summed E-state index contributed by atoms with van der Waals surface area (Å²) in [5.41, 5.74) is 2.68. The summed E-state index contributed by atoms with van der Waals surface area (Å²) < 4.78 is 2.42. The van der Waals surface area contributed by atoms with Crippen LogP contribution in [0.1, 0.15) is 57.7 Å². The van der Waals surface area contributed by atoms with Crippen LogP contribution >= 0.6 is 11.8 Å². The van der Waals surface area contributed by atoms with Gasteiger partial charge >= 0.3 is 0 Å². The van der Waals surface area contributed by atoms with Crippen molar-refractivity contribution < 1.29 is 0 Å². The third kappa shape index (κ3) is 3.59. The fraction of sp³-hybridized carbons (Fsp3) is 0.812.